The molecule has 0 radical (unpaired) electrons. The lowest BCUT2D eigenvalue weighted by atomic mass is 9.82. The van der Waals surface area contributed by atoms with Crippen molar-refractivity contribution in [2.45, 2.75) is 9.79 Å². The minimum Gasteiger partial charge on any atom is -0.744 e. The molecule has 0 bridgehead atoms. The number of carbonyl (C=O) groups is 2. The molecule has 5 rings (SSSR count). The van der Waals surface area contributed by atoms with Gasteiger partial charge in [0.15, 0.2) is 11.6 Å². The van der Waals surface area contributed by atoms with Crippen LogP contribution in [0.25, 0.3) is 0 Å². The summed E-state index contributed by atoms with van der Waals surface area (Å²) in [6, 6.07) is 11.5. The van der Waals surface area contributed by atoms with Gasteiger partial charge in [0.25, 0.3) is 0 Å². The third-order valence-corrected chi connectivity index (χ3v) is 7.56. The summed E-state index contributed by atoms with van der Waals surface area (Å²) in [6.45, 7) is 0. The summed E-state index contributed by atoms with van der Waals surface area (Å²) < 4.78 is 72.1. The highest BCUT2D eigenvalue weighted by Gasteiger charge is 2.35. The molecule has 1 heterocycles. The van der Waals surface area contributed by atoms with Crippen molar-refractivity contribution in [3.05, 3.63) is 89.2 Å². The number of hydrogen-bond donors (Lipinski definition) is 3. The zero-order valence-corrected chi connectivity index (χ0v) is 21.0. The smallest absolute Gasteiger partial charge is 0.227 e. The number of rotatable bonds is 6. The Bertz CT molecular complexity index is 1910. The van der Waals surface area contributed by atoms with Gasteiger partial charge in [-0.1, -0.05) is 24.3 Å². The van der Waals surface area contributed by atoms with E-state index in [9.17, 15) is 35.5 Å². The van der Waals surface area contributed by atoms with E-state index in [1.54, 1.807) is 0 Å². The summed E-state index contributed by atoms with van der Waals surface area (Å²) >= 11 is 0. The Labute approximate surface area is 221 Å². The van der Waals surface area contributed by atoms with Gasteiger partial charge in [-0.3, -0.25) is 9.59 Å². The first-order valence-electron chi connectivity index (χ1n) is 10.9. The number of nitrogens with two attached hydrogens (primary N) is 1. The monoisotopic (exact) mass is 565 g/mol. The van der Waals surface area contributed by atoms with Crippen LogP contribution in [0.15, 0.2) is 76.8 Å². The van der Waals surface area contributed by atoms with Crippen molar-refractivity contribution in [3.8, 4) is 0 Å². The molecule has 0 atom stereocenters. The van der Waals surface area contributed by atoms with Gasteiger partial charge in [0.2, 0.25) is 5.95 Å². The molecule has 0 aliphatic heterocycles. The number of aromatic nitrogens is 2. The van der Waals surface area contributed by atoms with Crippen molar-refractivity contribution in [3.63, 3.8) is 0 Å². The van der Waals surface area contributed by atoms with Crippen LogP contribution in [0.5, 0.6) is 0 Å². The molecule has 13 nitrogen and oxygen atoms in total. The van der Waals surface area contributed by atoms with Crippen molar-refractivity contribution in [1.82, 2.24) is 9.97 Å². The summed E-state index contributed by atoms with van der Waals surface area (Å²) in [6.07, 6.45) is 2.78. The van der Waals surface area contributed by atoms with Crippen LogP contribution in [0.4, 0.5) is 28.7 Å². The summed E-state index contributed by atoms with van der Waals surface area (Å²) in [5.41, 5.74) is 3.81. The van der Waals surface area contributed by atoms with Gasteiger partial charge in [-0.2, -0.15) is 0 Å². The molecule has 1 aromatic heterocycles. The quantitative estimate of drug-likeness (QED) is 0.198. The first-order valence-corrected chi connectivity index (χ1v) is 13.7. The Morgan fingerprint density at radius 2 is 1.28 bits per heavy atom. The highest BCUT2D eigenvalue weighted by molar-refractivity contribution is 7.86. The van der Waals surface area contributed by atoms with Crippen molar-refractivity contribution in [2.24, 2.45) is 0 Å². The minimum atomic E-state index is -5.22. The van der Waals surface area contributed by atoms with Crippen LogP contribution < -0.4 is 16.4 Å². The standard InChI is InChI=1S/C24H17N5O8S2/c25-21-18(39(35,36)37)11-16(19-20(21)23(31)14-5-2-1-4-13(14)22(19)30)28-12-6-7-15(17(10-12)38(32,33)34)29-24-26-8-3-9-27-24/h1-11,28H,25H2,(H,26,27,29)(H,32,33,34)(H,35,36,37)/p-2. The molecule has 0 fully saturated rings. The summed E-state index contributed by atoms with van der Waals surface area (Å²) in [7, 11) is -10.3. The fourth-order valence-electron chi connectivity index (χ4n) is 4.15. The lowest BCUT2D eigenvalue weighted by Crippen LogP contribution is -2.25. The van der Waals surface area contributed by atoms with E-state index in [1.807, 2.05) is 0 Å². The van der Waals surface area contributed by atoms with Gasteiger partial charge in [-0.05, 0) is 30.3 Å². The lowest BCUT2D eigenvalue weighted by Gasteiger charge is -2.25. The molecule has 0 amide bonds. The van der Waals surface area contributed by atoms with Crippen LogP contribution >= 0.6 is 0 Å². The van der Waals surface area contributed by atoms with Crippen molar-refractivity contribution >= 4 is 60.5 Å². The second-order valence-corrected chi connectivity index (χ2v) is 10.9. The van der Waals surface area contributed by atoms with Crippen LogP contribution in [0.3, 0.4) is 0 Å². The van der Waals surface area contributed by atoms with E-state index in [2.05, 4.69) is 20.6 Å². The number of carbonyl (C=O) groups excluding carboxylic acids is 2. The van der Waals surface area contributed by atoms with E-state index in [0.717, 1.165) is 12.1 Å². The van der Waals surface area contributed by atoms with E-state index >= 15 is 0 Å². The number of ketones is 2. The number of nitrogens with zero attached hydrogens (tertiary/aromatic N) is 2. The maximum atomic E-state index is 13.4. The summed E-state index contributed by atoms with van der Waals surface area (Å²) in [4.78, 5) is 32.8. The third kappa shape index (κ3) is 4.70. The van der Waals surface area contributed by atoms with Crippen LogP contribution in [-0.4, -0.2) is 47.5 Å². The van der Waals surface area contributed by atoms with Crippen LogP contribution in [-0.2, 0) is 20.2 Å². The van der Waals surface area contributed by atoms with Crippen LogP contribution in [0.1, 0.15) is 31.8 Å². The SMILES string of the molecule is Nc1c(S(=O)(=O)[O-])cc(Nc2ccc(Nc3ncccn3)c(S(=O)(=O)[O-])c2)c2c1C(=O)c1ccccc1C2=O. The van der Waals surface area contributed by atoms with Crippen LogP contribution in [0, 0.1) is 0 Å². The number of benzene rings is 3. The fourth-order valence-corrected chi connectivity index (χ4v) is 5.44. The molecule has 4 aromatic rings. The minimum absolute atomic E-state index is 0.00350. The number of fused-ring (bicyclic) bond motifs is 2. The molecule has 4 N–H and O–H groups in total. The second kappa shape index (κ2) is 9.25. The number of nitrogen functional groups attached to an aromatic ring is 1. The van der Waals surface area contributed by atoms with Gasteiger partial charge in [0, 0.05) is 29.2 Å². The fraction of sp³-hybridized carbons (Fsp3) is 0. The highest BCUT2D eigenvalue weighted by Crippen LogP contribution is 2.40. The van der Waals surface area contributed by atoms with Gasteiger partial charge in [0.1, 0.15) is 20.2 Å². The molecule has 0 saturated carbocycles. The molecule has 0 spiro atoms. The van der Waals surface area contributed by atoms with Crippen molar-refractivity contribution in [1.29, 1.82) is 0 Å². The molecule has 15 heteroatoms. The molecular formula is C24H15N5O8S2-2. The number of hydrogen-bond acceptors (Lipinski definition) is 13. The van der Waals surface area contributed by atoms with E-state index in [-0.39, 0.29) is 39.7 Å². The second-order valence-electron chi connectivity index (χ2n) is 8.23. The Balaban J connectivity index is 1.68. The third-order valence-electron chi connectivity index (χ3n) is 5.81. The van der Waals surface area contributed by atoms with E-state index in [0.29, 0.717) is 0 Å². The zero-order valence-electron chi connectivity index (χ0n) is 19.4. The van der Waals surface area contributed by atoms with Crippen LogP contribution in [0.2, 0.25) is 0 Å². The summed E-state index contributed by atoms with van der Waals surface area (Å²) in [5.74, 6) is -1.47. The number of nitrogens with one attached hydrogen (secondary N) is 2. The van der Waals surface area contributed by atoms with Gasteiger partial charge in [-0.25, -0.2) is 26.8 Å². The largest absolute Gasteiger partial charge is 0.744 e. The van der Waals surface area contributed by atoms with Gasteiger partial charge >= 0.3 is 0 Å². The molecule has 0 saturated heterocycles. The Morgan fingerprint density at radius 3 is 1.87 bits per heavy atom. The molecule has 39 heavy (non-hydrogen) atoms. The maximum absolute atomic E-state index is 13.4. The predicted molar refractivity (Wildman–Crippen MR) is 135 cm³/mol. The molecule has 3 aromatic carbocycles. The average Bonchev–Trinajstić information content (AvgIpc) is 2.88. The van der Waals surface area contributed by atoms with E-state index in [1.165, 1.54) is 54.9 Å². The van der Waals surface area contributed by atoms with Crippen molar-refractivity contribution < 1.29 is 35.5 Å². The molecular weight excluding hydrogens is 550 g/mol. The maximum Gasteiger partial charge on any atom is 0.227 e. The lowest BCUT2D eigenvalue weighted by molar-refractivity contribution is 0.0980. The van der Waals surface area contributed by atoms with Gasteiger partial charge < -0.3 is 25.5 Å². The number of anilines is 5. The highest BCUT2D eigenvalue weighted by atomic mass is 32.2. The molecule has 1 aliphatic carbocycles. The molecule has 1 aliphatic rings. The van der Waals surface area contributed by atoms with Crippen molar-refractivity contribution in [2.75, 3.05) is 16.4 Å². The van der Waals surface area contributed by atoms with E-state index < -0.39 is 52.8 Å². The first kappa shape index (κ1) is 25.9. The van der Waals surface area contributed by atoms with Gasteiger partial charge in [-0.15, -0.1) is 0 Å². The Kier molecular flexibility index (Phi) is 6.15. The topological polar surface area (TPSA) is 224 Å². The zero-order chi connectivity index (χ0) is 28.1. The first-order chi connectivity index (χ1) is 18.4. The van der Waals surface area contributed by atoms with E-state index in [4.69, 9.17) is 5.73 Å². The predicted octanol–water partition coefficient (Wildman–Crippen LogP) is 2.13. The Morgan fingerprint density at radius 1 is 0.692 bits per heavy atom. The average molecular weight is 566 g/mol. The summed E-state index contributed by atoms with van der Waals surface area (Å²) in [5, 5.41) is 5.28. The molecule has 0 unspecified atom stereocenters. The molecule has 198 valence electrons. The normalized spacial score (nSPS) is 13.0. The Hall–Kier alpha value is -4.70. The van der Waals surface area contributed by atoms with Gasteiger partial charge in [0.05, 0.1) is 38.0 Å².